The van der Waals surface area contributed by atoms with E-state index in [1.165, 1.54) is 24.7 Å². The average molecular weight is 466 g/mol. The molecule has 1 atom stereocenters. The fraction of sp³-hybridized carbons (Fsp3) is 0.292. The van der Waals surface area contributed by atoms with E-state index in [-0.39, 0.29) is 5.91 Å². The van der Waals surface area contributed by atoms with Gasteiger partial charge in [0, 0.05) is 30.4 Å². The molecule has 1 amide bonds. The van der Waals surface area contributed by atoms with Crippen molar-refractivity contribution in [2.24, 2.45) is 0 Å². The van der Waals surface area contributed by atoms with Crippen molar-refractivity contribution < 1.29 is 14.6 Å². The highest BCUT2D eigenvalue weighted by Crippen LogP contribution is 2.38. The molecule has 1 aromatic carbocycles. The quantitative estimate of drug-likeness (QED) is 0.414. The zero-order chi connectivity index (χ0) is 24.0. The summed E-state index contributed by atoms with van der Waals surface area (Å²) in [5, 5.41) is 12.9. The number of aliphatic hydroxyl groups excluding tert-OH is 1. The highest BCUT2D eigenvalue weighted by molar-refractivity contribution is 7.22. The molecule has 0 aliphatic carbocycles. The van der Waals surface area contributed by atoms with Crippen LogP contribution in [0.1, 0.15) is 46.0 Å². The van der Waals surface area contributed by atoms with Gasteiger partial charge in [0.1, 0.15) is 11.9 Å². The second kappa shape index (κ2) is 10.9. The van der Waals surface area contributed by atoms with Gasteiger partial charge in [-0.25, -0.2) is 15.0 Å². The third kappa shape index (κ3) is 5.88. The topological polar surface area (TPSA) is 110 Å². The molecule has 0 fully saturated rings. The summed E-state index contributed by atoms with van der Waals surface area (Å²) in [6.07, 6.45) is 5.51. The summed E-state index contributed by atoms with van der Waals surface area (Å²) in [5.41, 5.74) is 3.99. The Hall–Kier alpha value is -3.43. The molecular weight excluding hydrogens is 438 g/mol. The lowest BCUT2D eigenvalue weighted by Gasteiger charge is -2.08. The number of ether oxygens (including phenoxy) is 1. The second-order valence-electron chi connectivity index (χ2n) is 7.37. The first kappa shape index (κ1) is 24.2. The molecule has 9 heteroatoms. The molecule has 3 aromatic heterocycles. The van der Waals surface area contributed by atoms with Crippen LogP contribution in [-0.4, -0.2) is 38.1 Å². The number of thiazole rings is 1. The van der Waals surface area contributed by atoms with Crippen molar-refractivity contribution in [1.29, 1.82) is 0 Å². The molecule has 0 bridgehead atoms. The summed E-state index contributed by atoms with van der Waals surface area (Å²) in [5.74, 6) is 0.843. The van der Waals surface area contributed by atoms with Crippen molar-refractivity contribution in [3.8, 4) is 28.1 Å². The van der Waals surface area contributed by atoms with Crippen LogP contribution in [0.5, 0.6) is 5.75 Å². The van der Waals surface area contributed by atoms with Gasteiger partial charge in [-0.05, 0) is 36.8 Å². The molecule has 0 spiro atoms. The zero-order valence-electron chi connectivity index (χ0n) is 19.3. The molecular formula is C24H27N5O3S. The van der Waals surface area contributed by atoms with E-state index >= 15 is 0 Å². The maximum Gasteiger partial charge on any atom is 0.223 e. The van der Waals surface area contributed by atoms with Crippen LogP contribution in [0, 0.1) is 0 Å². The summed E-state index contributed by atoms with van der Waals surface area (Å²) in [7, 11) is 1.59. The van der Waals surface area contributed by atoms with Gasteiger partial charge in [0.2, 0.25) is 5.91 Å². The summed E-state index contributed by atoms with van der Waals surface area (Å²) in [4.78, 5) is 29.0. The van der Waals surface area contributed by atoms with Gasteiger partial charge in [-0.2, -0.15) is 0 Å². The van der Waals surface area contributed by atoms with Gasteiger partial charge in [-0.15, -0.1) is 0 Å². The van der Waals surface area contributed by atoms with Crippen molar-refractivity contribution in [2.75, 3.05) is 12.4 Å². The number of hydrogen-bond donors (Lipinski definition) is 2. The summed E-state index contributed by atoms with van der Waals surface area (Å²) < 4.78 is 6.11. The molecule has 3 heterocycles. The van der Waals surface area contributed by atoms with Gasteiger partial charge in [0.25, 0.3) is 0 Å². The van der Waals surface area contributed by atoms with Crippen LogP contribution in [0.25, 0.3) is 32.6 Å². The molecule has 0 aliphatic rings. The Morgan fingerprint density at radius 2 is 1.82 bits per heavy atom. The molecule has 1 unspecified atom stereocenters. The molecule has 33 heavy (non-hydrogen) atoms. The normalized spacial score (nSPS) is 11.5. The summed E-state index contributed by atoms with van der Waals surface area (Å²) >= 11 is 1.39. The van der Waals surface area contributed by atoms with Gasteiger partial charge < -0.3 is 15.2 Å². The van der Waals surface area contributed by atoms with Crippen molar-refractivity contribution in [3.63, 3.8) is 0 Å². The summed E-state index contributed by atoms with van der Waals surface area (Å²) in [6, 6.07) is 7.64. The number of pyridine rings is 1. The monoisotopic (exact) mass is 465 g/mol. The number of nitrogens with one attached hydrogen (secondary N) is 1. The number of amides is 1. The second-order valence-corrected chi connectivity index (χ2v) is 8.37. The van der Waals surface area contributed by atoms with E-state index in [0.29, 0.717) is 16.7 Å². The predicted octanol–water partition coefficient (Wildman–Crippen LogP) is 5.25. The van der Waals surface area contributed by atoms with Gasteiger partial charge in [0.15, 0.2) is 11.0 Å². The lowest BCUT2D eigenvalue weighted by molar-refractivity contribution is -0.114. The molecule has 8 nitrogen and oxygen atoms in total. The van der Waals surface area contributed by atoms with Crippen LogP contribution in [0.2, 0.25) is 0 Å². The molecule has 4 aromatic rings. The third-order valence-electron chi connectivity index (χ3n) is 4.40. The SMILES string of the molecule is CCC.COc1ccc(-c2cc(-c3cnc(C(C)O)nc3)cc3nc(NC(C)=O)sc23)nc1. The highest BCUT2D eigenvalue weighted by Gasteiger charge is 2.15. The minimum atomic E-state index is -0.737. The van der Waals surface area contributed by atoms with E-state index < -0.39 is 6.10 Å². The Labute approximate surface area is 196 Å². The number of carbonyl (C=O) groups excluding carboxylic acids is 1. The van der Waals surface area contributed by atoms with Gasteiger partial charge in [0.05, 0.1) is 29.2 Å². The molecule has 0 aliphatic heterocycles. The standard InChI is InChI=1S/C21H19N5O3S.C3H8/c1-11(27)20-23-8-14(9-24-20)13-6-16(17-5-4-15(29-3)10-22-17)19-18(7-13)26-21(30-19)25-12(2)28;1-3-2/h4-11,27H,1-3H3,(H,25,26,28);3H2,1-2H3. The van der Waals surface area contributed by atoms with E-state index in [2.05, 4.69) is 39.1 Å². The Kier molecular flexibility index (Phi) is 8.02. The minimum Gasteiger partial charge on any atom is -0.495 e. The number of aliphatic hydroxyl groups is 1. The number of rotatable bonds is 5. The third-order valence-corrected chi connectivity index (χ3v) is 5.42. The molecule has 4 rings (SSSR count). The maximum absolute atomic E-state index is 11.5. The van der Waals surface area contributed by atoms with Gasteiger partial charge in [-0.1, -0.05) is 31.6 Å². The number of benzene rings is 1. The van der Waals surface area contributed by atoms with Gasteiger partial charge in [-0.3, -0.25) is 9.78 Å². The van der Waals surface area contributed by atoms with Crippen LogP contribution in [0.3, 0.4) is 0 Å². The van der Waals surface area contributed by atoms with Crippen LogP contribution in [-0.2, 0) is 4.79 Å². The number of nitrogens with zero attached hydrogens (tertiary/aromatic N) is 4. The molecule has 172 valence electrons. The largest absolute Gasteiger partial charge is 0.495 e. The van der Waals surface area contributed by atoms with Crippen molar-refractivity contribution in [3.05, 3.63) is 48.7 Å². The van der Waals surface area contributed by atoms with E-state index in [1.54, 1.807) is 32.6 Å². The van der Waals surface area contributed by atoms with E-state index in [4.69, 9.17) is 4.74 Å². The van der Waals surface area contributed by atoms with Crippen molar-refractivity contribution in [1.82, 2.24) is 19.9 Å². The molecule has 0 radical (unpaired) electrons. The Morgan fingerprint density at radius 3 is 2.36 bits per heavy atom. The number of carbonyl (C=O) groups is 1. The smallest absolute Gasteiger partial charge is 0.223 e. The molecule has 0 saturated carbocycles. The Balaban J connectivity index is 0.000000968. The van der Waals surface area contributed by atoms with Crippen LogP contribution in [0.4, 0.5) is 5.13 Å². The van der Waals surface area contributed by atoms with Crippen molar-refractivity contribution >= 4 is 32.6 Å². The number of methoxy groups -OCH3 is 1. The highest BCUT2D eigenvalue weighted by atomic mass is 32.1. The van der Waals surface area contributed by atoms with Crippen LogP contribution < -0.4 is 10.1 Å². The first-order valence-electron chi connectivity index (χ1n) is 10.6. The number of anilines is 1. The lowest BCUT2D eigenvalue weighted by Crippen LogP contribution is -2.04. The summed E-state index contributed by atoms with van der Waals surface area (Å²) in [6.45, 7) is 7.32. The van der Waals surface area contributed by atoms with Gasteiger partial charge >= 0.3 is 0 Å². The molecule has 0 saturated heterocycles. The fourth-order valence-corrected chi connectivity index (χ4v) is 3.97. The fourth-order valence-electron chi connectivity index (χ4n) is 2.96. The Morgan fingerprint density at radius 1 is 1.12 bits per heavy atom. The Bertz CT molecular complexity index is 1220. The van der Waals surface area contributed by atoms with E-state index in [9.17, 15) is 9.90 Å². The predicted molar refractivity (Wildman–Crippen MR) is 131 cm³/mol. The first-order chi connectivity index (χ1) is 15.9. The maximum atomic E-state index is 11.5. The lowest BCUT2D eigenvalue weighted by atomic mass is 10.0. The first-order valence-corrected chi connectivity index (χ1v) is 11.4. The number of hydrogen-bond acceptors (Lipinski definition) is 8. The van der Waals surface area contributed by atoms with Crippen LogP contribution in [0.15, 0.2) is 42.9 Å². The minimum absolute atomic E-state index is 0.180. The van der Waals surface area contributed by atoms with Crippen LogP contribution >= 0.6 is 11.3 Å². The van der Waals surface area contributed by atoms with E-state index in [0.717, 1.165) is 32.6 Å². The average Bonchev–Trinajstić information content (AvgIpc) is 3.20. The number of fused-ring (bicyclic) bond motifs is 1. The molecule has 2 N–H and O–H groups in total. The van der Waals surface area contributed by atoms with E-state index in [1.807, 2.05) is 24.3 Å². The number of aromatic nitrogens is 4. The van der Waals surface area contributed by atoms with Crippen molar-refractivity contribution in [2.45, 2.75) is 40.2 Å². The zero-order valence-corrected chi connectivity index (χ0v) is 20.1.